The standard InChI is InChI=1S/C10H13ClFN/c1-2-9(13)5-7-3-4-8(11)6-10(7)12/h3-4,6,9H,2,5,13H2,1H3. The maximum Gasteiger partial charge on any atom is 0.127 e. The Hall–Kier alpha value is -0.600. The minimum atomic E-state index is -0.267. The highest BCUT2D eigenvalue weighted by Gasteiger charge is 2.06. The lowest BCUT2D eigenvalue weighted by Crippen LogP contribution is -2.21. The molecule has 72 valence electrons. The van der Waals surface area contributed by atoms with Gasteiger partial charge in [-0.25, -0.2) is 4.39 Å². The van der Waals surface area contributed by atoms with Crippen LogP contribution in [-0.2, 0) is 6.42 Å². The summed E-state index contributed by atoms with van der Waals surface area (Å²) in [4.78, 5) is 0. The van der Waals surface area contributed by atoms with E-state index in [0.29, 0.717) is 17.0 Å². The number of halogens is 2. The minimum Gasteiger partial charge on any atom is -0.327 e. The summed E-state index contributed by atoms with van der Waals surface area (Å²) in [6, 6.07) is 4.71. The van der Waals surface area contributed by atoms with Crippen molar-refractivity contribution in [1.29, 1.82) is 0 Å². The monoisotopic (exact) mass is 201 g/mol. The molecular formula is C10H13ClFN. The molecule has 0 saturated heterocycles. The van der Waals surface area contributed by atoms with Crippen molar-refractivity contribution >= 4 is 11.6 Å². The van der Waals surface area contributed by atoms with Gasteiger partial charge in [-0.3, -0.25) is 0 Å². The Morgan fingerprint density at radius 1 is 1.54 bits per heavy atom. The molecule has 0 aromatic heterocycles. The molecule has 1 atom stereocenters. The van der Waals surface area contributed by atoms with Gasteiger partial charge in [0, 0.05) is 11.1 Å². The Kier molecular flexibility index (Phi) is 3.70. The van der Waals surface area contributed by atoms with Gasteiger partial charge in [-0.05, 0) is 30.5 Å². The maximum atomic E-state index is 13.2. The van der Waals surface area contributed by atoms with Gasteiger partial charge in [-0.15, -0.1) is 0 Å². The molecule has 0 spiro atoms. The fraction of sp³-hybridized carbons (Fsp3) is 0.400. The molecule has 2 N–H and O–H groups in total. The molecule has 0 saturated carbocycles. The molecule has 1 nitrogen and oxygen atoms in total. The van der Waals surface area contributed by atoms with Crippen molar-refractivity contribution in [2.75, 3.05) is 0 Å². The molecule has 0 bridgehead atoms. The van der Waals surface area contributed by atoms with Gasteiger partial charge in [0.1, 0.15) is 5.82 Å². The van der Waals surface area contributed by atoms with E-state index in [1.165, 1.54) is 6.07 Å². The van der Waals surface area contributed by atoms with Crippen LogP contribution in [0.1, 0.15) is 18.9 Å². The number of nitrogens with two attached hydrogens (primary N) is 1. The minimum absolute atomic E-state index is 0.0238. The summed E-state index contributed by atoms with van der Waals surface area (Å²) in [5, 5.41) is 0.423. The Morgan fingerprint density at radius 2 is 2.23 bits per heavy atom. The average Bonchev–Trinajstić information content (AvgIpc) is 2.09. The summed E-state index contributed by atoms with van der Waals surface area (Å²) in [6.45, 7) is 1.98. The lowest BCUT2D eigenvalue weighted by molar-refractivity contribution is 0.579. The lowest BCUT2D eigenvalue weighted by atomic mass is 10.0. The first-order valence-corrected chi connectivity index (χ1v) is 4.70. The van der Waals surface area contributed by atoms with Crippen molar-refractivity contribution in [1.82, 2.24) is 0 Å². The largest absolute Gasteiger partial charge is 0.327 e. The summed E-state index contributed by atoms with van der Waals surface area (Å²) >= 11 is 5.62. The van der Waals surface area contributed by atoms with Crippen molar-refractivity contribution in [3.8, 4) is 0 Å². The average molecular weight is 202 g/mol. The summed E-state index contributed by atoms with van der Waals surface area (Å²) in [5.74, 6) is -0.267. The summed E-state index contributed by atoms with van der Waals surface area (Å²) in [6.07, 6.45) is 1.42. The highest BCUT2D eigenvalue weighted by molar-refractivity contribution is 6.30. The van der Waals surface area contributed by atoms with Crippen molar-refractivity contribution in [2.45, 2.75) is 25.8 Å². The molecule has 0 fully saturated rings. The first kappa shape index (κ1) is 10.5. The van der Waals surface area contributed by atoms with E-state index >= 15 is 0 Å². The molecule has 0 heterocycles. The summed E-state index contributed by atoms with van der Waals surface area (Å²) < 4.78 is 13.2. The van der Waals surface area contributed by atoms with Crippen LogP contribution in [0.25, 0.3) is 0 Å². The fourth-order valence-corrected chi connectivity index (χ4v) is 1.27. The highest BCUT2D eigenvalue weighted by atomic mass is 35.5. The summed E-state index contributed by atoms with van der Waals surface area (Å²) in [7, 11) is 0. The maximum absolute atomic E-state index is 13.2. The second-order valence-corrected chi connectivity index (χ2v) is 3.54. The zero-order chi connectivity index (χ0) is 9.84. The fourth-order valence-electron chi connectivity index (χ4n) is 1.11. The van der Waals surface area contributed by atoms with Crippen molar-refractivity contribution < 1.29 is 4.39 Å². The molecule has 0 aliphatic rings. The molecule has 0 amide bonds. The van der Waals surface area contributed by atoms with Crippen LogP contribution in [0.5, 0.6) is 0 Å². The van der Waals surface area contributed by atoms with E-state index < -0.39 is 0 Å². The van der Waals surface area contributed by atoms with Gasteiger partial charge in [0.15, 0.2) is 0 Å². The van der Waals surface area contributed by atoms with Crippen LogP contribution in [0, 0.1) is 5.82 Å². The van der Waals surface area contributed by atoms with Gasteiger partial charge in [-0.2, -0.15) is 0 Å². The second-order valence-electron chi connectivity index (χ2n) is 3.11. The Morgan fingerprint density at radius 3 is 2.77 bits per heavy atom. The third-order valence-electron chi connectivity index (χ3n) is 2.02. The van der Waals surface area contributed by atoms with Gasteiger partial charge in [-0.1, -0.05) is 24.6 Å². The molecule has 0 aliphatic heterocycles. The SMILES string of the molecule is CCC(N)Cc1ccc(Cl)cc1F. The van der Waals surface area contributed by atoms with Gasteiger partial charge in [0.2, 0.25) is 0 Å². The van der Waals surface area contributed by atoms with Crippen molar-refractivity contribution in [3.05, 3.63) is 34.6 Å². The van der Waals surface area contributed by atoms with Gasteiger partial charge in [0.05, 0.1) is 0 Å². The van der Waals surface area contributed by atoms with E-state index in [-0.39, 0.29) is 11.9 Å². The third-order valence-corrected chi connectivity index (χ3v) is 2.26. The van der Waals surface area contributed by atoms with Crippen LogP contribution in [0.4, 0.5) is 4.39 Å². The molecule has 0 aliphatic carbocycles. The van der Waals surface area contributed by atoms with Crippen LogP contribution in [-0.4, -0.2) is 6.04 Å². The second kappa shape index (κ2) is 4.58. The van der Waals surface area contributed by atoms with Gasteiger partial charge in [0.25, 0.3) is 0 Å². The number of hydrogen-bond acceptors (Lipinski definition) is 1. The van der Waals surface area contributed by atoms with Crippen LogP contribution < -0.4 is 5.73 Å². The van der Waals surface area contributed by atoms with E-state index in [2.05, 4.69) is 0 Å². The zero-order valence-corrected chi connectivity index (χ0v) is 8.31. The van der Waals surface area contributed by atoms with Crippen LogP contribution in [0.15, 0.2) is 18.2 Å². The molecule has 0 radical (unpaired) electrons. The van der Waals surface area contributed by atoms with Crippen molar-refractivity contribution in [2.24, 2.45) is 5.73 Å². The zero-order valence-electron chi connectivity index (χ0n) is 7.56. The quantitative estimate of drug-likeness (QED) is 0.800. The van der Waals surface area contributed by atoms with E-state index in [9.17, 15) is 4.39 Å². The predicted molar refractivity (Wildman–Crippen MR) is 53.4 cm³/mol. The van der Waals surface area contributed by atoms with E-state index in [1.807, 2.05) is 6.92 Å². The van der Waals surface area contributed by atoms with Gasteiger partial charge >= 0.3 is 0 Å². The first-order valence-electron chi connectivity index (χ1n) is 4.33. The topological polar surface area (TPSA) is 26.0 Å². The van der Waals surface area contributed by atoms with Crippen LogP contribution in [0.3, 0.4) is 0 Å². The normalized spacial score (nSPS) is 12.9. The Balaban J connectivity index is 2.77. The van der Waals surface area contributed by atoms with E-state index in [1.54, 1.807) is 12.1 Å². The van der Waals surface area contributed by atoms with Crippen LogP contribution in [0.2, 0.25) is 5.02 Å². The molecule has 13 heavy (non-hydrogen) atoms. The Bertz CT molecular complexity index is 288. The van der Waals surface area contributed by atoms with E-state index in [4.69, 9.17) is 17.3 Å². The van der Waals surface area contributed by atoms with E-state index in [0.717, 1.165) is 6.42 Å². The highest BCUT2D eigenvalue weighted by Crippen LogP contribution is 2.16. The molecule has 1 rings (SSSR count). The molecular weight excluding hydrogens is 189 g/mol. The molecule has 1 aromatic rings. The number of hydrogen-bond donors (Lipinski definition) is 1. The molecule has 1 aromatic carbocycles. The number of rotatable bonds is 3. The third kappa shape index (κ3) is 2.98. The molecule has 1 unspecified atom stereocenters. The summed E-state index contributed by atoms with van der Waals surface area (Å²) in [5.41, 5.74) is 6.35. The lowest BCUT2D eigenvalue weighted by Gasteiger charge is -2.09. The first-order chi connectivity index (χ1) is 6.13. The predicted octanol–water partition coefficient (Wildman–Crippen LogP) is 2.76. The van der Waals surface area contributed by atoms with Crippen molar-refractivity contribution in [3.63, 3.8) is 0 Å². The smallest absolute Gasteiger partial charge is 0.127 e. The number of benzene rings is 1. The van der Waals surface area contributed by atoms with Gasteiger partial charge < -0.3 is 5.73 Å². The molecule has 3 heteroatoms. The van der Waals surface area contributed by atoms with Crippen LogP contribution >= 0.6 is 11.6 Å². The Labute approximate surface area is 82.7 Å².